The van der Waals surface area contributed by atoms with Gasteiger partial charge in [-0.25, -0.2) is 0 Å². The quantitative estimate of drug-likeness (QED) is 0.767. The highest BCUT2D eigenvalue weighted by atomic mass is 15.2. The van der Waals surface area contributed by atoms with Crippen LogP contribution in [0.2, 0.25) is 0 Å². The molecule has 16 heavy (non-hydrogen) atoms. The Kier molecular flexibility index (Phi) is 2.97. The van der Waals surface area contributed by atoms with E-state index in [1.807, 2.05) is 0 Å². The van der Waals surface area contributed by atoms with Crippen LogP contribution in [0.15, 0.2) is 0 Å². The predicted molar refractivity (Wildman–Crippen MR) is 67.5 cm³/mol. The van der Waals surface area contributed by atoms with Crippen molar-refractivity contribution in [2.45, 2.75) is 64.1 Å². The van der Waals surface area contributed by atoms with Gasteiger partial charge in [-0.3, -0.25) is 4.90 Å². The van der Waals surface area contributed by atoms with E-state index in [-0.39, 0.29) is 0 Å². The monoisotopic (exact) mass is 222 g/mol. The van der Waals surface area contributed by atoms with E-state index < -0.39 is 0 Å². The van der Waals surface area contributed by atoms with Crippen LogP contribution in [0.5, 0.6) is 0 Å². The van der Waals surface area contributed by atoms with E-state index in [9.17, 15) is 0 Å². The molecule has 3 aliphatic rings. The maximum Gasteiger partial charge on any atom is 0.0210 e. The third-order valence-electron chi connectivity index (χ3n) is 4.56. The zero-order valence-electron chi connectivity index (χ0n) is 10.8. The molecule has 2 unspecified atom stereocenters. The van der Waals surface area contributed by atoms with Crippen molar-refractivity contribution in [3.63, 3.8) is 0 Å². The number of hydrogen-bond acceptors (Lipinski definition) is 2. The zero-order valence-corrected chi connectivity index (χ0v) is 10.8. The Morgan fingerprint density at radius 3 is 2.38 bits per heavy atom. The highest BCUT2D eigenvalue weighted by Crippen LogP contribution is 2.37. The van der Waals surface area contributed by atoms with Crippen LogP contribution < -0.4 is 5.32 Å². The standard InChI is InChI=1S/C14H26N2/c1-10(2)14(11-3-4-11)15-12-7-8-16(9-12)13-5-6-13/h10-15H,3-9H2,1-2H3. The smallest absolute Gasteiger partial charge is 0.0210 e. The second-order valence-electron chi connectivity index (χ2n) is 6.49. The van der Waals surface area contributed by atoms with Crippen molar-refractivity contribution in [1.29, 1.82) is 0 Å². The van der Waals surface area contributed by atoms with Gasteiger partial charge in [-0.05, 0) is 43.9 Å². The lowest BCUT2D eigenvalue weighted by Gasteiger charge is -2.26. The van der Waals surface area contributed by atoms with Crippen LogP contribution >= 0.6 is 0 Å². The zero-order chi connectivity index (χ0) is 11.1. The Morgan fingerprint density at radius 1 is 1.06 bits per heavy atom. The molecule has 1 heterocycles. The third-order valence-corrected chi connectivity index (χ3v) is 4.56. The van der Waals surface area contributed by atoms with Crippen LogP contribution in [0, 0.1) is 11.8 Å². The van der Waals surface area contributed by atoms with Crippen LogP contribution in [0.4, 0.5) is 0 Å². The summed E-state index contributed by atoms with van der Waals surface area (Å²) in [5, 5.41) is 3.95. The largest absolute Gasteiger partial charge is 0.309 e. The van der Waals surface area contributed by atoms with Crippen molar-refractivity contribution in [3.8, 4) is 0 Å². The summed E-state index contributed by atoms with van der Waals surface area (Å²) in [6, 6.07) is 2.54. The van der Waals surface area contributed by atoms with Crippen LogP contribution in [0.25, 0.3) is 0 Å². The van der Waals surface area contributed by atoms with Crippen molar-refractivity contribution in [2.24, 2.45) is 11.8 Å². The fourth-order valence-corrected chi connectivity index (χ4v) is 3.30. The Balaban J connectivity index is 1.49. The van der Waals surface area contributed by atoms with Gasteiger partial charge in [0.2, 0.25) is 0 Å². The van der Waals surface area contributed by atoms with Crippen molar-refractivity contribution in [1.82, 2.24) is 10.2 Å². The molecule has 2 saturated carbocycles. The molecule has 1 aliphatic heterocycles. The van der Waals surface area contributed by atoms with Gasteiger partial charge in [0.25, 0.3) is 0 Å². The molecule has 2 atom stereocenters. The second-order valence-corrected chi connectivity index (χ2v) is 6.49. The summed E-state index contributed by atoms with van der Waals surface area (Å²) in [5.41, 5.74) is 0. The first-order valence-corrected chi connectivity index (χ1v) is 7.24. The van der Waals surface area contributed by atoms with Gasteiger partial charge < -0.3 is 5.32 Å². The number of hydrogen-bond donors (Lipinski definition) is 1. The summed E-state index contributed by atoms with van der Waals surface area (Å²) in [6.45, 7) is 7.42. The predicted octanol–water partition coefficient (Wildman–Crippen LogP) is 2.25. The topological polar surface area (TPSA) is 15.3 Å². The first kappa shape index (κ1) is 11.0. The molecule has 0 aromatic carbocycles. The van der Waals surface area contributed by atoms with E-state index in [0.29, 0.717) is 0 Å². The molecule has 1 saturated heterocycles. The van der Waals surface area contributed by atoms with E-state index in [2.05, 4.69) is 24.1 Å². The number of likely N-dealkylation sites (tertiary alicyclic amines) is 1. The highest BCUT2D eigenvalue weighted by molar-refractivity contribution is 4.95. The molecular formula is C14H26N2. The molecule has 3 rings (SSSR count). The van der Waals surface area contributed by atoms with Crippen LogP contribution in [0.1, 0.15) is 46.0 Å². The molecule has 0 spiro atoms. The molecule has 2 nitrogen and oxygen atoms in total. The van der Waals surface area contributed by atoms with Gasteiger partial charge in [0, 0.05) is 31.2 Å². The van der Waals surface area contributed by atoms with Gasteiger partial charge in [-0.15, -0.1) is 0 Å². The van der Waals surface area contributed by atoms with E-state index in [1.165, 1.54) is 45.2 Å². The molecule has 0 aromatic heterocycles. The van der Waals surface area contributed by atoms with Gasteiger partial charge in [-0.1, -0.05) is 13.8 Å². The van der Waals surface area contributed by atoms with E-state index in [4.69, 9.17) is 0 Å². The highest BCUT2D eigenvalue weighted by Gasteiger charge is 2.38. The van der Waals surface area contributed by atoms with Crippen molar-refractivity contribution >= 4 is 0 Å². The fourth-order valence-electron chi connectivity index (χ4n) is 3.30. The van der Waals surface area contributed by atoms with Gasteiger partial charge in [0.15, 0.2) is 0 Å². The normalized spacial score (nSPS) is 33.6. The summed E-state index contributed by atoms with van der Waals surface area (Å²) < 4.78 is 0. The van der Waals surface area contributed by atoms with Crippen molar-refractivity contribution < 1.29 is 0 Å². The van der Waals surface area contributed by atoms with Crippen LogP contribution in [-0.4, -0.2) is 36.1 Å². The van der Waals surface area contributed by atoms with E-state index in [1.54, 1.807) is 0 Å². The van der Waals surface area contributed by atoms with E-state index >= 15 is 0 Å². The SMILES string of the molecule is CC(C)C(NC1CCN(C2CC2)C1)C1CC1. The number of nitrogens with one attached hydrogen (secondary N) is 1. The van der Waals surface area contributed by atoms with E-state index in [0.717, 1.165) is 30.0 Å². The Morgan fingerprint density at radius 2 is 1.81 bits per heavy atom. The minimum atomic E-state index is 0.786. The summed E-state index contributed by atoms with van der Waals surface area (Å²) >= 11 is 0. The molecule has 2 aliphatic carbocycles. The average molecular weight is 222 g/mol. The summed E-state index contributed by atoms with van der Waals surface area (Å²) in [7, 11) is 0. The summed E-state index contributed by atoms with van der Waals surface area (Å²) in [4.78, 5) is 2.71. The lowest BCUT2D eigenvalue weighted by atomic mass is 9.98. The molecule has 0 radical (unpaired) electrons. The summed E-state index contributed by atoms with van der Waals surface area (Å²) in [5.74, 6) is 1.80. The lowest BCUT2D eigenvalue weighted by molar-refractivity contribution is 0.289. The van der Waals surface area contributed by atoms with Gasteiger partial charge in [0.1, 0.15) is 0 Å². The molecule has 0 amide bonds. The molecular weight excluding hydrogens is 196 g/mol. The minimum absolute atomic E-state index is 0.786. The maximum atomic E-state index is 3.95. The lowest BCUT2D eigenvalue weighted by Crippen LogP contribution is -2.44. The fraction of sp³-hybridized carbons (Fsp3) is 1.00. The maximum absolute atomic E-state index is 3.95. The third kappa shape index (κ3) is 2.43. The molecule has 92 valence electrons. The van der Waals surface area contributed by atoms with Gasteiger partial charge >= 0.3 is 0 Å². The minimum Gasteiger partial charge on any atom is -0.309 e. The van der Waals surface area contributed by atoms with Gasteiger partial charge in [-0.2, -0.15) is 0 Å². The Hall–Kier alpha value is -0.0800. The van der Waals surface area contributed by atoms with Crippen molar-refractivity contribution in [3.05, 3.63) is 0 Å². The Labute approximate surface area is 99.8 Å². The Bertz CT molecular complexity index is 241. The molecule has 1 N–H and O–H groups in total. The van der Waals surface area contributed by atoms with Crippen LogP contribution in [0.3, 0.4) is 0 Å². The molecule has 0 bridgehead atoms. The second kappa shape index (κ2) is 4.30. The first-order valence-electron chi connectivity index (χ1n) is 7.24. The summed E-state index contributed by atoms with van der Waals surface area (Å²) in [6.07, 6.45) is 7.24. The number of rotatable bonds is 5. The average Bonchev–Trinajstić information content (AvgIpc) is 3.14. The van der Waals surface area contributed by atoms with Gasteiger partial charge in [0.05, 0.1) is 0 Å². The molecule has 3 fully saturated rings. The molecule has 0 aromatic rings. The number of nitrogens with zero attached hydrogens (tertiary/aromatic N) is 1. The van der Waals surface area contributed by atoms with Crippen LogP contribution in [-0.2, 0) is 0 Å². The van der Waals surface area contributed by atoms with Crippen molar-refractivity contribution in [2.75, 3.05) is 13.1 Å². The first-order chi connectivity index (χ1) is 7.74. The molecule has 2 heteroatoms.